The molecule has 1 fully saturated rings. The normalized spacial score (nSPS) is 18.9. The molecule has 40 heavy (non-hydrogen) atoms. The van der Waals surface area contributed by atoms with Gasteiger partial charge in [-0.25, -0.2) is 4.39 Å². The number of carboxylic acid groups (broad SMARTS) is 1. The Kier molecular flexibility index (Phi) is 10.1. The number of thioether (sulfide) groups is 1. The number of hydrogen-bond donors (Lipinski definition) is 1. The van der Waals surface area contributed by atoms with Crippen molar-refractivity contribution in [3.63, 3.8) is 0 Å². The molecule has 0 saturated carbocycles. The first-order chi connectivity index (χ1) is 19.1. The first kappa shape index (κ1) is 29.9. The number of alkyl halides is 4. The van der Waals surface area contributed by atoms with Crippen molar-refractivity contribution < 1.29 is 36.9 Å². The second-order valence-corrected chi connectivity index (χ2v) is 11.1. The van der Waals surface area contributed by atoms with Crippen molar-refractivity contribution in [2.45, 2.75) is 43.1 Å². The summed E-state index contributed by atoms with van der Waals surface area (Å²) in [5, 5.41) is 10.2. The molecule has 2 aromatic carbocycles. The Morgan fingerprint density at radius 3 is 2.75 bits per heavy atom. The van der Waals surface area contributed by atoms with E-state index in [1.165, 1.54) is 30.0 Å². The molecule has 0 aliphatic carbocycles. The second-order valence-electron chi connectivity index (χ2n) is 9.91. The van der Waals surface area contributed by atoms with Crippen LogP contribution in [0.15, 0.2) is 59.6 Å². The first-order valence-corrected chi connectivity index (χ1v) is 14.1. The third-order valence-electron chi connectivity index (χ3n) is 7.24. The molecule has 1 aliphatic heterocycles. The molecule has 0 unspecified atom stereocenters. The number of carbonyl (C=O) groups is 1. The van der Waals surface area contributed by atoms with Gasteiger partial charge in [0, 0.05) is 41.7 Å². The maximum absolute atomic E-state index is 15.5. The molecule has 1 N–H and O–H groups in total. The van der Waals surface area contributed by atoms with E-state index in [1.54, 1.807) is 43.6 Å². The summed E-state index contributed by atoms with van der Waals surface area (Å²) in [6.07, 6.45) is -2.74. The molecule has 1 aliphatic rings. The van der Waals surface area contributed by atoms with E-state index in [2.05, 4.69) is 14.6 Å². The zero-order valence-electron chi connectivity index (χ0n) is 22.1. The molecule has 1 aromatic heterocycles. The van der Waals surface area contributed by atoms with Crippen LogP contribution in [0.2, 0.25) is 0 Å². The van der Waals surface area contributed by atoms with Gasteiger partial charge in [-0.3, -0.25) is 9.78 Å². The van der Waals surface area contributed by atoms with Crippen molar-refractivity contribution in [3.8, 4) is 11.5 Å². The Morgan fingerprint density at radius 1 is 1.18 bits per heavy atom. The predicted octanol–water partition coefficient (Wildman–Crippen LogP) is 7.14. The number of benzene rings is 2. The molecule has 0 spiro atoms. The zero-order chi connectivity index (χ0) is 28.7. The number of rotatable bonds is 12. The van der Waals surface area contributed by atoms with Gasteiger partial charge in [0.2, 0.25) is 0 Å². The number of piperidine rings is 1. The van der Waals surface area contributed by atoms with Crippen molar-refractivity contribution in [2.24, 2.45) is 11.8 Å². The molecular formula is C29H32F4N2O4S. The van der Waals surface area contributed by atoms with Gasteiger partial charge in [0.05, 0.1) is 12.6 Å². The number of hydrogen-bond acceptors (Lipinski definition) is 6. The number of nitrogens with zero attached hydrogens (tertiary/aromatic N) is 2. The second kappa shape index (κ2) is 13.5. The fourth-order valence-corrected chi connectivity index (χ4v) is 6.27. The number of likely N-dealkylation sites (tertiary alicyclic amines) is 1. The minimum absolute atomic E-state index is 0.0114. The average Bonchev–Trinajstić information content (AvgIpc) is 2.90. The summed E-state index contributed by atoms with van der Waals surface area (Å²) >= 11 is 1.42. The highest BCUT2D eigenvalue weighted by molar-refractivity contribution is 7.99. The van der Waals surface area contributed by atoms with Crippen molar-refractivity contribution in [1.82, 2.24) is 9.88 Å². The molecule has 0 radical (unpaired) electrons. The van der Waals surface area contributed by atoms with Gasteiger partial charge in [0.25, 0.3) is 0 Å². The van der Waals surface area contributed by atoms with Crippen LogP contribution in [0.4, 0.5) is 17.6 Å². The maximum Gasteiger partial charge on any atom is 0.573 e. The molecule has 0 amide bonds. The molecule has 3 atom stereocenters. The van der Waals surface area contributed by atoms with E-state index in [4.69, 9.17) is 4.74 Å². The molecule has 216 valence electrons. The summed E-state index contributed by atoms with van der Waals surface area (Å²) in [6, 6.07) is 12.9. The molecule has 1 saturated heterocycles. The van der Waals surface area contributed by atoms with Gasteiger partial charge >= 0.3 is 12.3 Å². The van der Waals surface area contributed by atoms with Gasteiger partial charge in [0.1, 0.15) is 17.7 Å². The number of aliphatic carboxylic acids is 1. The fraction of sp³-hybridized carbons (Fsp3) is 0.448. The largest absolute Gasteiger partial charge is 0.573 e. The zero-order valence-corrected chi connectivity index (χ0v) is 22.9. The molecule has 2 heterocycles. The molecule has 4 rings (SSSR count). The van der Waals surface area contributed by atoms with Crippen LogP contribution in [-0.4, -0.2) is 59.8 Å². The lowest BCUT2D eigenvalue weighted by atomic mass is 9.79. The van der Waals surface area contributed by atoms with Gasteiger partial charge in [0.15, 0.2) is 0 Å². The Bertz CT molecular complexity index is 1290. The minimum Gasteiger partial charge on any atom is -0.497 e. The van der Waals surface area contributed by atoms with E-state index in [9.17, 15) is 23.1 Å². The van der Waals surface area contributed by atoms with Gasteiger partial charge < -0.3 is 19.5 Å². The van der Waals surface area contributed by atoms with Gasteiger partial charge in [-0.2, -0.15) is 0 Å². The first-order valence-electron chi connectivity index (χ1n) is 13.1. The highest BCUT2D eigenvalue weighted by atomic mass is 32.2. The SMILES string of the molecule is COc1ccc2nccc([C@H](F)CC[C@@H]3CCN(CCSc4cccc(OC(F)(F)F)c4)C[C@@H]3CC(=O)O)c2c1. The standard InChI is InChI=1S/C29H32F4N2O4S/c1-38-21-6-8-27-25(17-21)24(9-11-34-27)26(30)7-5-19-10-12-35(18-20(19)15-28(36)37)13-14-40-23-4-2-3-22(16-23)39-29(31,32)33/h2-4,6,8-9,11,16-17,19-20,26H,5,7,10,12-15,18H2,1H3,(H,36,37)/t19-,20+,26-/m1/s1. The lowest BCUT2D eigenvalue weighted by molar-refractivity contribution is -0.274. The summed E-state index contributed by atoms with van der Waals surface area (Å²) in [4.78, 5) is 18.8. The van der Waals surface area contributed by atoms with Crippen LogP contribution >= 0.6 is 11.8 Å². The Hall–Kier alpha value is -3.05. The van der Waals surface area contributed by atoms with Crippen LogP contribution in [0.1, 0.15) is 37.4 Å². The number of halogens is 4. The third-order valence-corrected chi connectivity index (χ3v) is 8.21. The van der Waals surface area contributed by atoms with Crippen LogP contribution < -0.4 is 9.47 Å². The molecule has 0 bridgehead atoms. The van der Waals surface area contributed by atoms with Crippen molar-refractivity contribution in [2.75, 3.05) is 32.5 Å². The Labute approximate surface area is 234 Å². The highest BCUT2D eigenvalue weighted by Gasteiger charge is 2.32. The number of methoxy groups -OCH3 is 1. The van der Waals surface area contributed by atoms with E-state index in [0.29, 0.717) is 52.4 Å². The minimum atomic E-state index is -4.74. The van der Waals surface area contributed by atoms with Crippen LogP contribution in [0.3, 0.4) is 0 Å². The van der Waals surface area contributed by atoms with E-state index in [-0.39, 0.29) is 30.4 Å². The maximum atomic E-state index is 15.5. The quantitative estimate of drug-likeness (QED) is 0.180. The van der Waals surface area contributed by atoms with Gasteiger partial charge in [-0.15, -0.1) is 24.9 Å². The van der Waals surface area contributed by atoms with Crippen LogP contribution in [-0.2, 0) is 4.79 Å². The topological polar surface area (TPSA) is 71.9 Å². The summed E-state index contributed by atoms with van der Waals surface area (Å²) in [5.41, 5.74) is 1.24. The van der Waals surface area contributed by atoms with Crippen LogP contribution in [0, 0.1) is 11.8 Å². The van der Waals surface area contributed by atoms with E-state index < -0.39 is 18.5 Å². The number of aromatic nitrogens is 1. The summed E-state index contributed by atoms with van der Waals surface area (Å²) in [6.45, 7) is 2.00. The van der Waals surface area contributed by atoms with Crippen molar-refractivity contribution in [3.05, 3.63) is 60.3 Å². The number of pyridine rings is 1. The van der Waals surface area contributed by atoms with Crippen molar-refractivity contribution in [1.29, 1.82) is 0 Å². The van der Waals surface area contributed by atoms with Gasteiger partial charge in [-0.1, -0.05) is 6.07 Å². The molecule has 6 nitrogen and oxygen atoms in total. The Morgan fingerprint density at radius 2 is 2.00 bits per heavy atom. The van der Waals surface area contributed by atoms with Crippen molar-refractivity contribution >= 4 is 28.6 Å². The van der Waals surface area contributed by atoms with E-state index in [1.807, 2.05) is 0 Å². The third kappa shape index (κ3) is 8.47. The number of fused-ring (bicyclic) bond motifs is 1. The summed E-state index contributed by atoms with van der Waals surface area (Å²) in [7, 11) is 1.56. The van der Waals surface area contributed by atoms with Crippen LogP contribution in [0.5, 0.6) is 11.5 Å². The molecule has 11 heteroatoms. The molecular weight excluding hydrogens is 548 g/mol. The summed E-state index contributed by atoms with van der Waals surface area (Å²) in [5.74, 6) is 0.0914. The van der Waals surface area contributed by atoms with Gasteiger partial charge in [-0.05, 0) is 85.7 Å². The number of ether oxygens (including phenoxy) is 2. The number of carboxylic acids is 1. The predicted molar refractivity (Wildman–Crippen MR) is 146 cm³/mol. The fourth-order valence-electron chi connectivity index (χ4n) is 5.31. The summed E-state index contributed by atoms with van der Waals surface area (Å²) < 4.78 is 62.3. The smallest absolute Gasteiger partial charge is 0.497 e. The van der Waals surface area contributed by atoms with E-state index >= 15 is 4.39 Å². The highest BCUT2D eigenvalue weighted by Crippen LogP contribution is 2.36. The lowest BCUT2D eigenvalue weighted by Crippen LogP contribution is -2.42. The monoisotopic (exact) mass is 580 g/mol. The lowest BCUT2D eigenvalue weighted by Gasteiger charge is -2.38. The Balaban J connectivity index is 1.32. The average molecular weight is 581 g/mol. The van der Waals surface area contributed by atoms with E-state index in [0.717, 1.165) is 13.0 Å². The van der Waals surface area contributed by atoms with Crippen LogP contribution in [0.25, 0.3) is 10.9 Å². The molecule has 3 aromatic rings.